The van der Waals surface area contributed by atoms with Crippen LogP contribution in [0.5, 0.6) is 11.5 Å². The molecule has 4 nitrogen and oxygen atoms in total. The van der Waals surface area contributed by atoms with Gasteiger partial charge in [0.15, 0.2) is 4.80 Å². The predicted molar refractivity (Wildman–Crippen MR) is 111 cm³/mol. The van der Waals surface area contributed by atoms with Crippen molar-refractivity contribution in [1.29, 1.82) is 0 Å². The molecule has 0 N–H and O–H groups in total. The molecule has 0 spiro atoms. The fourth-order valence-corrected chi connectivity index (χ4v) is 3.82. The number of rotatable bonds is 4. The van der Waals surface area contributed by atoms with Crippen molar-refractivity contribution in [3.05, 3.63) is 89.2 Å². The maximum Gasteiger partial charge on any atom is 0.279 e. The molecule has 4 rings (SSSR count). The molecule has 0 aliphatic carbocycles. The Morgan fingerprint density at radius 2 is 1.64 bits per heavy atom. The largest absolute Gasteiger partial charge is 0.457 e. The van der Waals surface area contributed by atoms with Crippen molar-refractivity contribution in [2.45, 2.75) is 6.54 Å². The zero-order valence-electron chi connectivity index (χ0n) is 14.9. The third-order valence-corrected chi connectivity index (χ3v) is 5.17. The van der Waals surface area contributed by atoms with E-state index in [1.54, 1.807) is 24.3 Å². The van der Waals surface area contributed by atoms with Crippen LogP contribution in [-0.2, 0) is 6.54 Å². The molecule has 0 radical (unpaired) electrons. The molecular formula is C23H16N2O2S. The van der Waals surface area contributed by atoms with Crippen LogP contribution in [0, 0.1) is 12.3 Å². The summed E-state index contributed by atoms with van der Waals surface area (Å²) in [6, 6.07) is 24.3. The van der Waals surface area contributed by atoms with Crippen molar-refractivity contribution in [3.63, 3.8) is 0 Å². The van der Waals surface area contributed by atoms with E-state index in [1.807, 2.05) is 59.2 Å². The summed E-state index contributed by atoms with van der Waals surface area (Å²) in [5.41, 5.74) is 1.47. The lowest BCUT2D eigenvalue weighted by atomic mass is 10.2. The minimum Gasteiger partial charge on any atom is -0.457 e. The number of benzene rings is 3. The Balaban J connectivity index is 1.62. The third kappa shape index (κ3) is 3.73. The summed E-state index contributed by atoms with van der Waals surface area (Å²) in [4.78, 5) is 17.5. The number of hydrogen-bond acceptors (Lipinski definition) is 3. The van der Waals surface area contributed by atoms with Crippen molar-refractivity contribution < 1.29 is 9.53 Å². The van der Waals surface area contributed by atoms with Gasteiger partial charge in [0.1, 0.15) is 11.5 Å². The number of terminal acetylenes is 1. The van der Waals surface area contributed by atoms with Gasteiger partial charge in [-0.25, -0.2) is 0 Å². The lowest BCUT2D eigenvalue weighted by Crippen LogP contribution is -2.16. The highest BCUT2D eigenvalue weighted by Crippen LogP contribution is 2.21. The van der Waals surface area contributed by atoms with Gasteiger partial charge in [0.05, 0.1) is 16.8 Å². The monoisotopic (exact) mass is 384 g/mol. The molecule has 0 fully saturated rings. The first-order valence-electron chi connectivity index (χ1n) is 8.68. The SMILES string of the molecule is C#CCn1c(=NC(=O)c2ccc(Oc3ccccc3)cc2)sc2ccccc21. The van der Waals surface area contributed by atoms with Crippen LogP contribution in [0.1, 0.15) is 10.4 Å². The van der Waals surface area contributed by atoms with Crippen molar-refractivity contribution in [2.75, 3.05) is 0 Å². The fourth-order valence-electron chi connectivity index (χ4n) is 2.79. The topological polar surface area (TPSA) is 43.6 Å². The standard InChI is InChI=1S/C23H16N2O2S/c1-2-16-25-20-10-6-7-11-21(20)28-23(25)24-22(26)17-12-14-19(15-13-17)27-18-8-4-3-5-9-18/h1,3-15H,16H2. The number of thiazole rings is 1. The summed E-state index contributed by atoms with van der Waals surface area (Å²) in [7, 11) is 0. The van der Waals surface area contributed by atoms with Gasteiger partial charge in [0.25, 0.3) is 5.91 Å². The van der Waals surface area contributed by atoms with Gasteiger partial charge in [-0.3, -0.25) is 4.79 Å². The Bertz CT molecular complexity index is 1230. The molecule has 4 aromatic rings. The molecule has 136 valence electrons. The average Bonchev–Trinajstić information content (AvgIpc) is 3.07. The molecule has 0 saturated heterocycles. The van der Waals surface area contributed by atoms with E-state index in [9.17, 15) is 4.79 Å². The van der Waals surface area contributed by atoms with Gasteiger partial charge in [0, 0.05) is 5.56 Å². The van der Waals surface area contributed by atoms with Crippen molar-refractivity contribution in [1.82, 2.24) is 4.57 Å². The lowest BCUT2D eigenvalue weighted by Gasteiger charge is -2.05. The second-order valence-electron chi connectivity index (χ2n) is 6.00. The Hall–Kier alpha value is -3.62. The highest BCUT2D eigenvalue weighted by Gasteiger charge is 2.09. The number of ether oxygens (including phenoxy) is 1. The Labute approximate surface area is 166 Å². The Kier molecular flexibility index (Phi) is 5.05. The Morgan fingerprint density at radius 3 is 2.39 bits per heavy atom. The molecule has 5 heteroatoms. The minimum absolute atomic E-state index is 0.316. The van der Waals surface area contributed by atoms with Gasteiger partial charge in [-0.2, -0.15) is 4.99 Å². The molecule has 0 aliphatic heterocycles. The number of carbonyl (C=O) groups is 1. The van der Waals surface area contributed by atoms with Crippen molar-refractivity contribution >= 4 is 27.5 Å². The van der Waals surface area contributed by atoms with Crippen LogP contribution < -0.4 is 9.54 Å². The van der Waals surface area contributed by atoms with Gasteiger partial charge in [-0.1, -0.05) is 47.6 Å². The van der Waals surface area contributed by atoms with Crippen molar-refractivity contribution in [2.24, 2.45) is 4.99 Å². The second kappa shape index (κ2) is 7.95. The highest BCUT2D eigenvalue weighted by molar-refractivity contribution is 7.16. The third-order valence-electron chi connectivity index (χ3n) is 4.11. The van der Waals surface area contributed by atoms with Gasteiger partial charge < -0.3 is 9.30 Å². The molecule has 0 aliphatic rings. The van der Waals surface area contributed by atoms with Crippen LogP contribution in [0.2, 0.25) is 0 Å². The summed E-state index contributed by atoms with van der Waals surface area (Å²) in [5.74, 6) is 3.71. The van der Waals surface area contributed by atoms with Crippen LogP contribution in [0.4, 0.5) is 0 Å². The van der Waals surface area contributed by atoms with E-state index in [1.165, 1.54) is 11.3 Å². The van der Waals surface area contributed by atoms with Gasteiger partial charge in [-0.05, 0) is 48.5 Å². The van der Waals surface area contributed by atoms with E-state index < -0.39 is 0 Å². The summed E-state index contributed by atoms with van der Waals surface area (Å²) >= 11 is 1.45. The number of carbonyl (C=O) groups excluding carboxylic acids is 1. The van der Waals surface area contributed by atoms with E-state index in [0.29, 0.717) is 22.7 Å². The highest BCUT2D eigenvalue weighted by atomic mass is 32.1. The van der Waals surface area contributed by atoms with E-state index in [2.05, 4.69) is 10.9 Å². The van der Waals surface area contributed by atoms with Crippen LogP contribution in [-0.4, -0.2) is 10.5 Å². The molecule has 0 bridgehead atoms. The first-order chi connectivity index (χ1) is 13.7. The van der Waals surface area contributed by atoms with Crippen LogP contribution >= 0.6 is 11.3 Å². The van der Waals surface area contributed by atoms with Crippen LogP contribution in [0.25, 0.3) is 10.2 Å². The summed E-state index contributed by atoms with van der Waals surface area (Å²) in [6.45, 7) is 0.361. The van der Waals surface area contributed by atoms with Crippen molar-refractivity contribution in [3.8, 4) is 23.8 Å². The maximum atomic E-state index is 12.7. The molecule has 3 aromatic carbocycles. The number of hydrogen-bond donors (Lipinski definition) is 0. The zero-order valence-corrected chi connectivity index (χ0v) is 15.7. The minimum atomic E-state index is -0.316. The lowest BCUT2D eigenvalue weighted by molar-refractivity contribution is 0.0998. The first-order valence-corrected chi connectivity index (χ1v) is 9.50. The van der Waals surface area contributed by atoms with Gasteiger partial charge in [0.2, 0.25) is 0 Å². The molecule has 1 amide bonds. The molecule has 0 atom stereocenters. The average molecular weight is 384 g/mol. The quantitative estimate of drug-likeness (QED) is 0.471. The fraction of sp³-hybridized carbons (Fsp3) is 0.0435. The van der Waals surface area contributed by atoms with E-state index in [4.69, 9.17) is 11.2 Å². The normalized spacial score (nSPS) is 11.3. The summed E-state index contributed by atoms with van der Waals surface area (Å²) in [6.07, 6.45) is 5.49. The summed E-state index contributed by atoms with van der Waals surface area (Å²) < 4.78 is 8.67. The number of para-hydroxylation sites is 2. The smallest absolute Gasteiger partial charge is 0.279 e. The zero-order chi connectivity index (χ0) is 19.3. The predicted octanol–water partition coefficient (Wildman–Crippen LogP) is 4.87. The van der Waals surface area contributed by atoms with Crippen LogP contribution in [0.15, 0.2) is 83.9 Å². The number of nitrogens with zero attached hydrogens (tertiary/aromatic N) is 2. The van der Waals surface area contributed by atoms with E-state index >= 15 is 0 Å². The van der Waals surface area contributed by atoms with Crippen LogP contribution in [0.3, 0.4) is 0 Å². The maximum absolute atomic E-state index is 12.7. The van der Waals surface area contributed by atoms with E-state index in [-0.39, 0.29) is 5.91 Å². The molecule has 1 heterocycles. The number of fused-ring (bicyclic) bond motifs is 1. The first kappa shape index (κ1) is 17.8. The molecule has 1 aromatic heterocycles. The van der Waals surface area contributed by atoms with Gasteiger partial charge in [-0.15, -0.1) is 6.42 Å². The number of aromatic nitrogens is 1. The van der Waals surface area contributed by atoms with Gasteiger partial charge >= 0.3 is 0 Å². The van der Waals surface area contributed by atoms with E-state index in [0.717, 1.165) is 16.0 Å². The Morgan fingerprint density at radius 1 is 0.964 bits per heavy atom. The second-order valence-corrected chi connectivity index (χ2v) is 7.01. The molecule has 0 unspecified atom stereocenters. The molecule has 28 heavy (non-hydrogen) atoms. The summed E-state index contributed by atoms with van der Waals surface area (Å²) in [5, 5.41) is 0. The molecule has 0 saturated carbocycles. The molecular weight excluding hydrogens is 368 g/mol. The number of amides is 1.